The van der Waals surface area contributed by atoms with Crippen LogP contribution < -0.4 is 10.1 Å². The highest BCUT2D eigenvalue weighted by atomic mass is 32.2. The summed E-state index contributed by atoms with van der Waals surface area (Å²) >= 11 is 2.15. The van der Waals surface area contributed by atoms with Crippen molar-refractivity contribution in [3.05, 3.63) is 51.7 Å². The number of hydrogen-bond donors (Lipinski definition) is 1. The Morgan fingerprint density at radius 2 is 1.70 bits per heavy atom. The normalized spacial score (nSPS) is 11.8. The summed E-state index contributed by atoms with van der Waals surface area (Å²) < 4.78 is 17.4. The van der Waals surface area contributed by atoms with Gasteiger partial charge in [-0.3, -0.25) is 4.79 Å². The van der Waals surface area contributed by atoms with E-state index in [4.69, 9.17) is 14.2 Å². The number of thioether (sulfide) groups is 1. The molecule has 2 heterocycles. The zero-order chi connectivity index (χ0) is 27.3. The van der Waals surface area contributed by atoms with Crippen LogP contribution in [0.2, 0.25) is 0 Å². The fourth-order valence-corrected chi connectivity index (χ4v) is 5.37. The Kier molecular flexibility index (Phi) is 9.33. The van der Waals surface area contributed by atoms with Crippen molar-refractivity contribution in [1.82, 2.24) is 14.8 Å². The third-order valence-corrected chi connectivity index (χ3v) is 7.79. The van der Waals surface area contributed by atoms with E-state index in [0.29, 0.717) is 22.5 Å². The number of carbonyl (C=O) groups excluding carboxylic acids is 3. The zero-order valence-corrected chi connectivity index (χ0v) is 23.4. The number of carbonyl (C=O) groups is 3. The molecule has 1 amide bonds. The van der Waals surface area contributed by atoms with Gasteiger partial charge in [0.1, 0.15) is 15.6 Å². The van der Waals surface area contributed by atoms with E-state index in [9.17, 15) is 14.4 Å². The third kappa shape index (κ3) is 6.50. The number of amides is 1. The summed E-state index contributed by atoms with van der Waals surface area (Å²) in [5.41, 5.74) is 1.74. The number of anilines is 1. The van der Waals surface area contributed by atoms with Gasteiger partial charge in [-0.15, -0.1) is 21.5 Å². The van der Waals surface area contributed by atoms with Gasteiger partial charge in [0.25, 0.3) is 0 Å². The number of aromatic nitrogens is 3. The molecular weight excluding hydrogens is 516 g/mol. The molecule has 1 atom stereocenters. The second kappa shape index (κ2) is 12.2. The van der Waals surface area contributed by atoms with E-state index in [1.165, 1.54) is 31.5 Å². The van der Waals surface area contributed by atoms with Crippen LogP contribution in [0.15, 0.2) is 29.4 Å². The van der Waals surface area contributed by atoms with E-state index in [1.807, 2.05) is 31.2 Å². The molecule has 10 nitrogen and oxygen atoms in total. The van der Waals surface area contributed by atoms with Gasteiger partial charge in [-0.25, -0.2) is 9.59 Å². The maximum atomic E-state index is 12.7. The SMILES string of the molecule is COC(=O)c1sc(NC(=O)CSc2nnc(C(C)Oc3ccc(C(C)C)cc3)n2C)c(C(=O)OC)c1C. The molecule has 0 spiro atoms. The minimum Gasteiger partial charge on any atom is -0.483 e. The first kappa shape index (κ1) is 28.2. The quantitative estimate of drug-likeness (QED) is 0.283. The maximum absolute atomic E-state index is 12.7. The summed E-state index contributed by atoms with van der Waals surface area (Å²) in [6.45, 7) is 7.75. The van der Waals surface area contributed by atoms with Gasteiger partial charge in [0.15, 0.2) is 17.1 Å². The van der Waals surface area contributed by atoms with Crippen LogP contribution in [0.25, 0.3) is 0 Å². The monoisotopic (exact) mass is 546 g/mol. The molecule has 1 aromatic carbocycles. The smallest absolute Gasteiger partial charge is 0.348 e. The molecule has 1 unspecified atom stereocenters. The van der Waals surface area contributed by atoms with Gasteiger partial charge in [0.05, 0.1) is 25.5 Å². The molecule has 0 fully saturated rings. The van der Waals surface area contributed by atoms with Gasteiger partial charge < -0.3 is 24.1 Å². The van der Waals surface area contributed by atoms with Crippen molar-refractivity contribution in [1.29, 1.82) is 0 Å². The van der Waals surface area contributed by atoms with E-state index in [1.54, 1.807) is 18.5 Å². The van der Waals surface area contributed by atoms with Crippen LogP contribution in [0.3, 0.4) is 0 Å². The minimum atomic E-state index is -0.655. The number of hydrogen-bond acceptors (Lipinski definition) is 10. The first-order valence-corrected chi connectivity index (χ1v) is 13.3. The molecule has 37 heavy (non-hydrogen) atoms. The van der Waals surface area contributed by atoms with Crippen molar-refractivity contribution in [2.75, 3.05) is 25.3 Å². The summed E-state index contributed by atoms with van der Waals surface area (Å²) in [5.74, 6) is 0.148. The fraction of sp³-hybridized carbons (Fsp3) is 0.400. The van der Waals surface area contributed by atoms with Crippen LogP contribution in [0.4, 0.5) is 5.00 Å². The van der Waals surface area contributed by atoms with Crippen molar-refractivity contribution < 1.29 is 28.6 Å². The molecule has 0 aliphatic heterocycles. The Bertz CT molecular complexity index is 1280. The molecule has 0 radical (unpaired) electrons. The molecule has 3 aromatic rings. The van der Waals surface area contributed by atoms with Crippen molar-refractivity contribution in [2.45, 2.75) is 44.9 Å². The van der Waals surface area contributed by atoms with Gasteiger partial charge in [-0.1, -0.05) is 37.7 Å². The van der Waals surface area contributed by atoms with Gasteiger partial charge in [-0.2, -0.15) is 0 Å². The lowest BCUT2D eigenvalue weighted by atomic mass is 10.0. The van der Waals surface area contributed by atoms with Crippen LogP contribution in [-0.2, 0) is 21.3 Å². The van der Waals surface area contributed by atoms with Gasteiger partial charge in [-0.05, 0) is 43.0 Å². The van der Waals surface area contributed by atoms with Crippen molar-refractivity contribution in [2.24, 2.45) is 7.05 Å². The highest BCUT2D eigenvalue weighted by molar-refractivity contribution is 7.99. The molecule has 3 rings (SSSR count). The average molecular weight is 547 g/mol. The lowest BCUT2D eigenvalue weighted by Crippen LogP contribution is -2.16. The topological polar surface area (TPSA) is 122 Å². The largest absolute Gasteiger partial charge is 0.483 e. The number of benzene rings is 1. The fourth-order valence-electron chi connectivity index (χ4n) is 3.52. The Balaban J connectivity index is 1.66. The van der Waals surface area contributed by atoms with E-state index >= 15 is 0 Å². The van der Waals surface area contributed by atoms with Crippen molar-refractivity contribution in [3.8, 4) is 5.75 Å². The molecular formula is C25H30N4O6S2. The van der Waals surface area contributed by atoms with E-state index in [2.05, 4.69) is 29.4 Å². The van der Waals surface area contributed by atoms with Gasteiger partial charge >= 0.3 is 11.9 Å². The standard InChI is InChI=1S/C25H30N4O6S2/c1-13(2)16-8-10-17(11-9-16)35-15(4)21-27-28-25(29(21)5)36-12-18(30)26-22-19(23(31)33-6)14(3)20(37-22)24(32)34-7/h8-11,13,15H,12H2,1-7H3,(H,26,30). The minimum absolute atomic E-state index is 0.00297. The van der Waals surface area contributed by atoms with E-state index in [0.717, 1.165) is 17.1 Å². The second-order valence-corrected chi connectivity index (χ2v) is 10.4. The summed E-state index contributed by atoms with van der Waals surface area (Å²) in [6, 6.07) is 7.95. The van der Waals surface area contributed by atoms with Gasteiger partial charge in [0.2, 0.25) is 5.91 Å². The molecule has 2 aromatic heterocycles. The molecule has 198 valence electrons. The lowest BCUT2D eigenvalue weighted by molar-refractivity contribution is -0.113. The number of thiophene rings is 1. The van der Waals surface area contributed by atoms with Crippen molar-refractivity contribution >= 4 is 45.9 Å². The first-order valence-electron chi connectivity index (χ1n) is 11.5. The summed E-state index contributed by atoms with van der Waals surface area (Å²) in [4.78, 5) is 37.2. The zero-order valence-electron chi connectivity index (χ0n) is 21.8. The molecule has 12 heteroatoms. The van der Waals surface area contributed by atoms with E-state index in [-0.39, 0.29) is 33.2 Å². The van der Waals surface area contributed by atoms with Gasteiger partial charge in [0, 0.05) is 7.05 Å². The Morgan fingerprint density at radius 3 is 2.30 bits per heavy atom. The average Bonchev–Trinajstić information content (AvgIpc) is 3.41. The maximum Gasteiger partial charge on any atom is 0.348 e. The Morgan fingerprint density at radius 1 is 1.05 bits per heavy atom. The summed E-state index contributed by atoms with van der Waals surface area (Å²) in [5, 5.41) is 11.9. The number of nitrogens with one attached hydrogen (secondary N) is 1. The highest BCUT2D eigenvalue weighted by Crippen LogP contribution is 2.34. The second-order valence-electron chi connectivity index (χ2n) is 8.46. The van der Waals surface area contributed by atoms with Crippen LogP contribution >= 0.6 is 23.1 Å². The number of methoxy groups -OCH3 is 2. The lowest BCUT2D eigenvalue weighted by Gasteiger charge is -2.15. The molecule has 0 bridgehead atoms. The molecule has 0 saturated carbocycles. The van der Waals surface area contributed by atoms with E-state index < -0.39 is 11.9 Å². The summed E-state index contributed by atoms with van der Waals surface area (Å²) in [6.07, 6.45) is -0.362. The molecule has 0 saturated heterocycles. The molecule has 1 N–H and O–H groups in total. The van der Waals surface area contributed by atoms with Crippen LogP contribution in [0.1, 0.15) is 69.8 Å². The first-order chi connectivity index (χ1) is 17.6. The van der Waals surface area contributed by atoms with Crippen LogP contribution in [0, 0.1) is 6.92 Å². The number of rotatable bonds is 10. The predicted octanol–water partition coefficient (Wildman–Crippen LogP) is 4.75. The highest BCUT2D eigenvalue weighted by Gasteiger charge is 2.27. The Labute approximate surface area is 223 Å². The van der Waals surface area contributed by atoms with Crippen LogP contribution in [-0.4, -0.2) is 52.6 Å². The number of nitrogens with zero attached hydrogens (tertiary/aromatic N) is 3. The number of esters is 2. The summed E-state index contributed by atoms with van der Waals surface area (Å²) in [7, 11) is 4.28. The molecule has 0 aliphatic rings. The number of ether oxygens (including phenoxy) is 3. The molecule has 0 aliphatic carbocycles. The predicted molar refractivity (Wildman–Crippen MR) is 142 cm³/mol. The third-order valence-electron chi connectivity index (χ3n) is 5.58. The Hall–Kier alpha value is -3.38. The van der Waals surface area contributed by atoms with Crippen LogP contribution in [0.5, 0.6) is 5.75 Å². The van der Waals surface area contributed by atoms with Crippen molar-refractivity contribution in [3.63, 3.8) is 0 Å².